The van der Waals surface area contributed by atoms with Gasteiger partial charge in [-0.15, -0.1) is 0 Å². The quantitative estimate of drug-likeness (QED) is 0.815. The molecular weight excluding hydrogens is 356 g/mol. The van der Waals surface area contributed by atoms with Crippen LogP contribution in [0, 0.1) is 13.8 Å². The second kappa shape index (κ2) is 8.26. The summed E-state index contributed by atoms with van der Waals surface area (Å²) < 4.78 is 5.29. The minimum Gasteiger partial charge on any atom is -0.361 e. The largest absolute Gasteiger partial charge is 0.361 e. The number of nitrogens with one attached hydrogen (secondary N) is 1. The lowest BCUT2D eigenvalue weighted by Crippen LogP contribution is -2.32. The van der Waals surface area contributed by atoms with E-state index in [1.807, 2.05) is 46.7 Å². The van der Waals surface area contributed by atoms with E-state index in [0.29, 0.717) is 11.5 Å². The lowest BCUT2D eigenvalue weighted by Gasteiger charge is -2.19. The highest BCUT2D eigenvalue weighted by Crippen LogP contribution is 2.30. The molecule has 3 heterocycles. The minimum absolute atomic E-state index is 0.0634. The molecular formula is C20H30N6O2. The van der Waals surface area contributed by atoms with Gasteiger partial charge in [0.05, 0.1) is 17.0 Å². The fourth-order valence-corrected chi connectivity index (χ4v) is 3.58. The Morgan fingerprint density at radius 1 is 1.39 bits per heavy atom. The first-order valence-electron chi connectivity index (χ1n) is 9.75. The van der Waals surface area contributed by atoms with Crippen molar-refractivity contribution in [3.05, 3.63) is 34.5 Å². The van der Waals surface area contributed by atoms with E-state index in [9.17, 15) is 4.79 Å². The summed E-state index contributed by atoms with van der Waals surface area (Å²) in [7, 11) is 3.82. The molecule has 0 aliphatic carbocycles. The Bertz CT molecular complexity index is 826. The average molecular weight is 387 g/mol. The SMILES string of the molecule is Cc1noc(C)c1CN1CCC(c2nc(N(C)C)ncc2C(=O)NC(C)C)C1. The Hall–Kier alpha value is -2.48. The third-order valence-corrected chi connectivity index (χ3v) is 5.09. The standard InChI is InChI=1S/C20H30N6O2/c1-12(2)22-19(27)16-9-21-20(25(5)6)23-18(16)15-7-8-26(10-15)11-17-13(3)24-28-14(17)4/h9,12,15H,7-8,10-11H2,1-6H3,(H,22,27). The van der Waals surface area contributed by atoms with Crippen LogP contribution in [-0.2, 0) is 6.54 Å². The van der Waals surface area contributed by atoms with Gasteiger partial charge in [-0.25, -0.2) is 9.97 Å². The molecule has 1 atom stereocenters. The molecule has 2 aromatic rings. The topological polar surface area (TPSA) is 87.4 Å². The van der Waals surface area contributed by atoms with Gasteiger partial charge < -0.3 is 14.7 Å². The van der Waals surface area contributed by atoms with Gasteiger partial charge in [0, 0.05) is 50.9 Å². The molecule has 8 nitrogen and oxygen atoms in total. The van der Waals surface area contributed by atoms with Crippen molar-refractivity contribution in [2.24, 2.45) is 0 Å². The maximum absolute atomic E-state index is 12.7. The van der Waals surface area contributed by atoms with E-state index < -0.39 is 0 Å². The van der Waals surface area contributed by atoms with Crippen molar-refractivity contribution < 1.29 is 9.32 Å². The monoisotopic (exact) mass is 386 g/mol. The van der Waals surface area contributed by atoms with Crippen molar-refractivity contribution in [3.8, 4) is 0 Å². The van der Waals surface area contributed by atoms with Gasteiger partial charge in [-0.1, -0.05) is 5.16 Å². The summed E-state index contributed by atoms with van der Waals surface area (Å²) in [5.41, 5.74) is 3.49. The number of nitrogens with zero attached hydrogens (tertiary/aromatic N) is 5. The molecule has 0 radical (unpaired) electrons. The molecule has 1 N–H and O–H groups in total. The summed E-state index contributed by atoms with van der Waals surface area (Å²) in [6.07, 6.45) is 2.61. The first-order chi connectivity index (χ1) is 13.3. The van der Waals surface area contributed by atoms with E-state index in [2.05, 4.69) is 20.4 Å². The van der Waals surface area contributed by atoms with Crippen LogP contribution in [0.5, 0.6) is 0 Å². The van der Waals surface area contributed by atoms with Crippen LogP contribution < -0.4 is 10.2 Å². The molecule has 0 bridgehead atoms. The zero-order chi connectivity index (χ0) is 20.4. The molecule has 0 saturated carbocycles. The Balaban J connectivity index is 1.83. The summed E-state index contributed by atoms with van der Waals surface area (Å²) in [6, 6.07) is 0.0634. The molecule has 152 valence electrons. The molecule has 1 unspecified atom stereocenters. The molecule has 8 heteroatoms. The molecule has 2 aromatic heterocycles. The smallest absolute Gasteiger partial charge is 0.254 e. The van der Waals surface area contributed by atoms with Gasteiger partial charge in [0.15, 0.2) is 0 Å². The normalized spacial score (nSPS) is 17.3. The maximum Gasteiger partial charge on any atom is 0.254 e. The van der Waals surface area contributed by atoms with Gasteiger partial charge in [-0.05, 0) is 40.7 Å². The first kappa shape index (κ1) is 20.3. The van der Waals surface area contributed by atoms with Crippen molar-refractivity contribution in [2.75, 3.05) is 32.1 Å². The van der Waals surface area contributed by atoms with Crippen LogP contribution in [-0.4, -0.2) is 59.2 Å². The molecule has 1 fully saturated rings. The highest BCUT2D eigenvalue weighted by Gasteiger charge is 2.30. The van der Waals surface area contributed by atoms with E-state index in [-0.39, 0.29) is 17.9 Å². The number of amides is 1. The summed E-state index contributed by atoms with van der Waals surface area (Å²) in [4.78, 5) is 26.0. The summed E-state index contributed by atoms with van der Waals surface area (Å²) >= 11 is 0. The summed E-state index contributed by atoms with van der Waals surface area (Å²) in [5.74, 6) is 1.57. The number of hydrogen-bond acceptors (Lipinski definition) is 7. The molecule has 1 aliphatic heterocycles. The fourth-order valence-electron chi connectivity index (χ4n) is 3.58. The van der Waals surface area contributed by atoms with Crippen molar-refractivity contribution >= 4 is 11.9 Å². The van der Waals surface area contributed by atoms with Crippen LogP contribution in [0.25, 0.3) is 0 Å². The molecule has 3 rings (SSSR count). The summed E-state index contributed by atoms with van der Waals surface area (Å²) in [6.45, 7) is 10.4. The number of likely N-dealkylation sites (tertiary alicyclic amines) is 1. The van der Waals surface area contributed by atoms with Crippen LogP contribution in [0.15, 0.2) is 10.7 Å². The first-order valence-corrected chi connectivity index (χ1v) is 9.75. The van der Waals surface area contributed by atoms with Gasteiger partial charge >= 0.3 is 0 Å². The third-order valence-electron chi connectivity index (χ3n) is 5.09. The van der Waals surface area contributed by atoms with Crippen LogP contribution in [0.1, 0.15) is 59.3 Å². The van der Waals surface area contributed by atoms with E-state index >= 15 is 0 Å². The van der Waals surface area contributed by atoms with E-state index in [1.54, 1.807) is 6.20 Å². The second-order valence-corrected chi connectivity index (χ2v) is 8.01. The molecule has 28 heavy (non-hydrogen) atoms. The lowest BCUT2D eigenvalue weighted by atomic mass is 9.99. The Morgan fingerprint density at radius 3 is 2.75 bits per heavy atom. The highest BCUT2D eigenvalue weighted by atomic mass is 16.5. The van der Waals surface area contributed by atoms with Crippen molar-refractivity contribution in [1.29, 1.82) is 0 Å². The highest BCUT2D eigenvalue weighted by molar-refractivity contribution is 5.95. The van der Waals surface area contributed by atoms with Gasteiger partial charge in [0.25, 0.3) is 5.91 Å². The van der Waals surface area contributed by atoms with E-state index in [0.717, 1.165) is 48.8 Å². The van der Waals surface area contributed by atoms with E-state index in [1.165, 1.54) is 0 Å². The number of carbonyl (C=O) groups is 1. The predicted molar refractivity (Wildman–Crippen MR) is 108 cm³/mol. The Labute approximate surface area is 166 Å². The number of carbonyl (C=O) groups excluding carboxylic acids is 1. The lowest BCUT2D eigenvalue weighted by molar-refractivity contribution is 0.0940. The molecule has 1 amide bonds. The zero-order valence-corrected chi connectivity index (χ0v) is 17.6. The molecule has 1 aliphatic rings. The van der Waals surface area contributed by atoms with Crippen LogP contribution >= 0.6 is 0 Å². The maximum atomic E-state index is 12.7. The minimum atomic E-state index is -0.112. The van der Waals surface area contributed by atoms with Crippen molar-refractivity contribution in [2.45, 2.75) is 52.6 Å². The van der Waals surface area contributed by atoms with Gasteiger partial charge in [0.2, 0.25) is 5.95 Å². The van der Waals surface area contributed by atoms with Crippen molar-refractivity contribution in [1.82, 2.24) is 25.3 Å². The van der Waals surface area contributed by atoms with Crippen LogP contribution in [0.4, 0.5) is 5.95 Å². The number of anilines is 1. The van der Waals surface area contributed by atoms with Crippen LogP contribution in [0.2, 0.25) is 0 Å². The Kier molecular flexibility index (Phi) is 5.98. The van der Waals surface area contributed by atoms with Gasteiger partial charge in [-0.3, -0.25) is 9.69 Å². The number of hydrogen-bond donors (Lipinski definition) is 1. The van der Waals surface area contributed by atoms with Gasteiger partial charge in [0.1, 0.15) is 5.76 Å². The third kappa shape index (κ3) is 4.32. The predicted octanol–water partition coefficient (Wildman–Crippen LogP) is 2.28. The fraction of sp³-hybridized carbons (Fsp3) is 0.600. The van der Waals surface area contributed by atoms with Crippen LogP contribution in [0.3, 0.4) is 0 Å². The van der Waals surface area contributed by atoms with Gasteiger partial charge in [-0.2, -0.15) is 0 Å². The van der Waals surface area contributed by atoms with Crippen molar-refractivity contribution in [3.63, 3.8) is 0 Å². The molecule has 1 saturated heterocycles. The second-order valence-electron chi connectivity index (χ2n) is 8.01. The van der Waals surface area contributed by atoms with E-state index in [4.69, 9.17) is 9.51 Å². The molecule has 0 aromatic carbocycles. The summed E-state index contributed by atoms with van der Waals surface area (Å²) in [5, 5.41) is 7.02. The number of aryl methyl sites for hydroxylation is 2. The molecule has 0 spiro atoms. The Morgan fingerprint density at radius 2 is 2.14 bits per heavy atom. The zero-order valence-electron chi connectivity index (χ0n) is 17.6. The number of aromatic nitrogens is 3. The average Bonchev–Trinajstić information content (AvgIpc) is 3.22. The number of rotatable bonds is 6.